The molecule has 2 aromatic heterocycles. The maximum absolute atomic E-state index is 12.1. The monoisotopic (exact) mass is 355 g/mol. The number of halogens is 1. The second-order valence-electron chi connectivity index (χ2n) is 5.18. The molecule has 0 saturated heterocycles. The summed E-state index contributed by atoms with van der Waals surface area (Å²) >= 11 is 3.25. The minimum atomic E-state index is -0.905. The molecule has 2 heterocycles. The van der Waals surface area contributed by atoms with Crippen LogP contribution in [0.5, 0.6) is 0 Å². The zero-order valence-electron chi connectivity index (χ0n) is 11.5. The van der Waals surface area contributed by atoms with E-state index < -0.39 is 17.4 Å². The van der Waals surface area contributed by atoms with E-state index in [-0.39, 0.29) is 12.2 Å². The molecule has 8 nitrogen and oxygen atoms in total. The van der Waals surface area contributed by atoms with Crippen LogP contribution in [0.3, 0.4) is 0 Å². The molecule has 9 heteroatoms. The Balaban J connectivity index is 2.12. The van der Waals surface area contributed by atoms with Crippen LogP contribution in [0.2, 0.25) is 0 Å². The zero-order chi connectivity index (χ0) is 15.6. The van der Waals surface area contributed by atoms with Crippen molar-refractivity contribution in [3.8, 4) is 0 Å². The Hall–Kier alpha value is -2.03. The van der Waals surface area contributed by atoms with Crippen LogP contribution in [0.4, 0.5) is 0 Å². The van der Waals surface area contributed by atoms with Crippen molar-refractivity contribution in [1.82, 2.24) is 24.9 Å². The van der Waals surface area contributed by atoms with Gasteiger partial charge in [0, 0.05) is 24.4 Å². The molecule has 2 aromatic rings. The van der Waals surface area contributed by atoms with Gasteiger partial charge in [-0.3, -0.25) is 9.59 Å². The molecule has 0 bridgehead atoms. The summed E-state index contributed by atoms with van der Waals surface area (Å²) in [4.78, 5) is 30.8. The van der Waals surface area contributed by atoms with Gasteiger partial charge < -0.3 is 10.4 Å². The van der Waals surface area contributed by atoms with Crippen molar-refractivity contribution >= 4 is 33.6 Å². The van der Waals surface area contributed by atoms with Gasteiger partial charge >= 0.3 is 5.97 Å². The molecular formula is C12H14BrN5O3. The Bertz CT molecular complexity index is 697. The number of nitrogens with zero attached hydrogens (tertiary/aromatic N) is 4. The van der Waals surface area contributed by atoms with Crippen molar-refractivity contribution in [2.45, 2.75) is 32.2 Å². The Morgan fingerprint density at radius 2 is 2.19 bits per heavy atom. The van der Waals surface area contributed by atoms with Gasteiger partial charge in [0.15, 0.2) is 0 Å². The molecule has 21 heavy (non-hydrogen) atoms. The highest BCUT2D eigenvalue weighted by Crippen LogP contribution is 2.13. The van der Waals surface area contributed by atoms with E-state index in [2.05, 4.69) is 36.3 Å². The van der Waals surface area contributed by atoms with E-state index in [4.69, 9.17) is 5.11 Å². The highest BCUT2D eigenvalue weighted by Gasteiger charge is 2.24. The molecule has 0 aliphatic heterocycles. The molecule has 2 N–H and O–H groups in total. The van der Waals surface area contributed by atoms with E-state index in [0.29, 0.717) is 16.7 Å². The van der Waals surface area contributed by atoms with E-state index in [1.807, 2.05) is 0 Å². The van der Waals surface area contributed by atoms with E-state index in [1.165, 1.54) is 4.52 Å². The maximum atomic E-state index is 12.1. The first-order chi connectivity index (χ1) is 9.77. The van der Waals surface area contributed by atoms with Crippen molar-refractivity contribution in [1.29, 1.82) is 0 Å². The second-order valence-corrected chi connectivity index (χ2v) is 6.10. The van der Waals surface area contributed by atoms with Gasteiger partial charge in [0.1, 0.15) is 0 Å². The van der Waals surface area contributed by atoms with Crippen LogP contribution in [-0.2, 0) is 4.79 Å². The van der Waals surface area contributed by atoms with Gasteiger partial charge in [0.05, 0.1) is 4.47 Å². The number of carbonyl (C=O) groups is 2. The van der Waals surface area contributed by atoms with E-state index in [1.54, 1.807) is 26.2 Å². The quantitative estimate of drug-likeness (QED) is 0.835. The number of hydrogen-bond donors (Lipinski definition) is 2. The van der Waals surface area contributed by atoms with Gasteiger partial charge in [0.25, 0.3) is 11.7 Å². The predicted octanol–water partition coefficient (Wildman–Crippen LogP) is 1.26. The molecule has 0 spiro atoms. The number of aromatic nitrogens is 4. The Kier molecular flexibility index (Phi) is 4.21. The minimum Gasteiger partial charge on any atom is -0.481 e. The standard InChI is InChI=1S/C12H14BrN5O3/c1-12(2,4-3-8(19)20)16-10(21)9-15-11-14-5-7(13)6-18(11)17-9/h5-6H,3-4H2,1-2H3,(H,16,21)(H,19,20). The van der Waals surface area contributed by atoms with Crippen molar-refractivity contribution in [3.63, 3.8) is 0 Å². The third-order valence-electron chi connectivity index (χ3n) is 2.78. The molecule has 0 atom stereocenters. The van der Waals surface area contributed by atoms with Crippen LogP contribution in [0.15, 0.2) is 16.9 Å². The van der Waals surface area contributed by atoms with Crippen LogP contribution >= 0.6 is 15.9 Å². The number of amides is 1. The number of aliphatic carboxylic acids is 1. The highest BCUT2D eigenvalue weighted by atomic mass is 79.9. The second kappa shape index (κ2) is 5.76. The third kappa shape index (κ3) is 3.97. The molecule has 112 valence electrons. The summed E-state index contributed by atoms with van der Waals surface area (Å²) < 4.78 is 2.11. The van der Waals surface area contributed by atoms with Crippen molar-refractivity contribution < 1.29 is 14.7 Å². The first-order valence-corrected chi connectivity index (χ1v) is 6.98. The number of carboxylic acids is 1. The summed E-state index contributed by atoms with van der Waals surface area (Å²) in [5.41, 5.74) is -0.666. The fourth-order valence-corrected chi connectivity index (χ4v) is 2.00. The molecular weight excluding hydrogens is 342 g/mol. The fraction of sp³-hybridized carbons (Fsp3) is 0.417. The minimum absolute atomic E-state index is 0.0102. The number of carboxylic acid groups (broad SMARTS) is 1. The lowest BCUT2D eigenvalue weighted by molar-refractivity contribution is -0.137. The topological polar surface area (TPSA) is 109 Å². The van der Waals surface area contributed by atoms with Crippen molar-refractivity contribution in [3.05, 3.63) is 22.7 Å². The summed E-state index contributed by atoms with van der Waals surface area (Å²) in [5, 5.41) is 15.5. The SMILES string of the molecule is CC(C)(CCC(=O)O)NC(=O)c1nc2ncc(Br)cn2n1. The first kappa shape index (κ1) is 15.4. The van der Waals surface area contributed by atoms with Gasteiger partial charge in [-0.05, 0) is 36.2 Å². The average molecular weight is 356 g/mol. The van der Waals surface area contributed by atoms with E-state index in [9.17, 15) is 9.59 Å². The van der Waals surface area contributed by atoms with Crippen LogP contribution in [0, 0.1) is 0 Å². The lowest BCUT2D eigenvalue weighted by Gasteiger charge is -2.24. The molecule has 0 aromatic carbocycles. The molecule has 0 aliphatic rings. The van der Waals surface area contributed by atoms with Crippen molar-refractivity contribution in [2.75, 3.05) is 0 Å². The number of rotatable bonds is 5. The summed E-state index contributed by atoms with van der Waals surface area (Å²) in [6.45, 7) is 3.50. The Morgan fingerprint density at radius 3 is 2.86 bits per heavy atom. The third-order valence-corrected chi connectivity index (χ3v) is 3.19. The largest absolute Gasteiger partial charge is 0.481 e. The van der Waals surface area contributed by atoms with Crippen LogP contribution in [0.1, 0.15) is 37.3 Å². The van der Waals surface area contributed by atoms with Crippen molar-refractivity contribution in [2.24, 2.45) is 0 Å². The molecule has 2 rings (SSSR count). The number of fused-ring (bicyclic) bond motifs is 1. The predicted molar refractivity (Wildman–Crippen MR) is 76.9 cm³/mol. The van der Waals surface area contributed by atoms with Gasteiger partial charge in [0.2, 0.25) is 5.82 Å². The molecule has 1 amide bonds. The lowest BCUT2D eigenvalue weighted by atomic mass is 9.98. The zero-order valence-corrected chi connectivity index (χ0v) is 13.1. The van der Waals surface area contributed by atoms with Gasteiger partial charge in [-0.1, -0.05) is 0 Å². The normalized spacial score (nSPS) is 11.6. The summed E-state index contributed by atoms with van der Waals surface area (Å²) in [5.74, 6) is -1.07. The van der Waals surface area contributed by atoms with Gasteiger partial charge in [-0.15, -0.1) is 5.10 Å². The first-order valence-electron chi connectivity index (χ1n) is 6.19. The Morgan fingerprint density at radius 1 is 1.48 bits per heavy atom. The van der Waals surface area contributed by atoms with Crippen LogP contribution < -0.4 is 5.32 Å². The summed E-state index contributed by atoms with van der Waals surface area (Å²) in [6.07, 6.45) is 3.48. The van der Waals surface area contributed by atoms with Crippen LogP contribution in [-0.4, -0.2) is 42.1 Å². The Labute approximate surface area is 128 Å². The maximum Gasteiger partial charge on any atom is 0.303 e. The van der Waals surface area contributed by atoms with Gasteiger partial charge in [-0.2, -0.15) is 4.98 Å². The molecule has 0 saturated carbocycles. The molecule has 0 aliphatic carbocycles. The molecule has 0 fully saturated rings. The number of hydrogen-bond acceptors (Lipinski definition) is 5. The molecule has 0 radical (unpaired) electrons. The number of carbonyl (C=O) groups excluding carboxylic acids is 1. The van der Waals surface area contributed by atoms with Gasteiger partial charge in [-0.25, -0.2) is 9.50 Å². The fourth-order valence-electron chi connectivity index (χ4n) is 1.70. The molecule has 0 unspecified atom stereocenters. The highest BCUT2D eigenvalue weighted by molar-refractivity contribution is 9.10. The summed E-state index contributed by atoms with van der Waals surface area (Å²) in [6, 6.07) is 0. The van der Waals surface area contributed by atoms with E-state index in [0.717, 1.165) is 0 Å². The van der Waals surface area contributed by atoms with E-state index >= 15 is 0 Å². The summed E-state index contributed by atoms with van der Waals surface area (Å²) in [7, 11) is 0. The smallest absolute Gasteiger partial charge is 0.303 e. The van der Waals surface area contributed by atoms with Crippen LogP contribution in [0.25, 0.3) is 5.78 Å². The average Bonchev–Trinajstić information content (AvgIpc) is 2.79. The number of nitrogens with one attached hydrogen (secondary N) is 1. The lowest BCUT2D eigenvalue weighted by Crippen LogP contribution is -2.44.